The number of rotatable bonds is 1. The standard InChI is InChI=1S/C11H15N5/c1-7-5-10-13-14-11(9-3-4-12-6-9)16(10)15-8(7)2/h5,9,12H,3-4,6H2,1-2H3. The van der Waals surface area contributed by atoms with Crippen LogP contribution in [-0.2, 0) is 0 Å². The van der Waals surface area contributed by atoms with Gasteiger partial charge < -0.3 is 5.32 Å². The van der Waals surface area contributed by atoms with Gasteiger partial charge in [-0.1, -0.05) is 0 Å². The number of fused-ring (bicyclic) bond motifs is 1. The monoisotopic (exact) mass is 217 g/mol. The van der Waals surface area contributed by atoms with Crippen LogP contribution in [0.5, 0.6) is 0 Å². The van der Waals surface area contributed by atoms with Crippen LogP contribution in [-0.4, -0.2) is 32.9 Å². The Hall–Kier alpha value is -1.49. The van der Waals surface area contributed by atoms with E-state index in [1.54, 1.807) is 0 Å². The molecule has 1 saturated heterocycles. The molecular formula is C11H15N5. The highest BCUT2D eigenvalue weighted by Crippen LogP contribution is 2.21. The highest BCUT2D eigenvalue weighted by molar-refractivity contribution is 5.40. The fraction of sp³-hybridized carbons (Fsp3) is 0.545. The summed E-state index contributed by atoms with van der Waals surface area (Å²) in [5.41, 5.74) is 3.06. The van der Waals surface area contributed by atoms with Gasteiger partial charge in [0.25, 0.3) is 0 Å². The molecule has 1 fully saturated rings. The Kier molecular flexibility index (Phi) is 2.14. The van der Waals surface area contributed by atoms with Gasteiger partial charge >= 0.3 is 0 Å². The summed E-state index contributed by atoms with van der Waals surface area (Å²) in [5, 5.41) is 16.3. The van der Waals surface area contributed by atoms with E-state index in [4.69, 9.17) is 0 Å². The minimum atomic E-state index is 0.449. The fourth-order valence-electron chi connectivity index (χ4n) is 2.15. The van der Waals surface area contributed by atoms with E-state index in [0.717, 1.165) is 42.2 Å². The van der Waals surface area contributed by atoms with Crippen molar-refractivity contribution >= 4 is 5.65 Å². The number of aromatic nitrogens is 4. The Morgan fingerprint density at radius 2 is 2.25 bits per heavy atom. The number of nitrogens with zero attached hydrogens (tertiary/aromatic N) is 4. The van der Waals surface area contributed by atoms with Crippen LogP contribution in [0.2, 0.25) is 0 Å². The zero-order valence-corrected chi connectivity index (χ0v) is 9.56. The zero-order chi connectivity index (χ0) is 11.1. The van der Waals surface area contributed by atoms with Crippen LogP contribution < -0.4 is 5.32 Å². The summed E-state index contributed by atoms with van der Waals surface area (Å²) >= 11 is 0. The van der Waals surface area contributed by atoms with Crippen LogP contribution in [0.25, 0.3) is 5.65 Å². The fourth-order valence-corrected chi connectivity index (χ4v) is 2.15. The van der Waals surface area contributed by atoms with Crippen molar-refractivity contribution in [2.45, 2.75) is 26.2 Å². The Bertz CT molecular complexity index is 524. The SMILES string of the molecule is Cc1cc2nnc(C3CCNC3)n2nc1C. The molecule has 2 aromatic heterocycles. The van der Waals surface area contributed by atoms with Crippen LogP contribution in [0, 0.1) is 13.8 Å². The number of aryl methyl sites for hydroxylation is 2. The Morgan fingerprint density at radius 3 is 3.00 bits per heavy atom. The number of hydrogen-bond acceptors (Lipinski definition) is 4. The van der Waals surface area contributed by atoms with Crippen LogP contribution >= 0.6 is 0 Å². The van der Waals surface area contributed by atoms with Gasteiger partial charge in [0.15, 0.2) is 11.5 Å². The quantitative estimate of drug-likeness (QED) is 0.768. The van der Waals surface area contributed by atoms with Crippen molar-refractivity contribution in [3.05, 3.63) is 23.1 Å². The van der Waals surface area contributed by atoms with Gasteiger partial charge in [-0.2, -0.15) is 9.61 Å². The van der Waals surface area contributed by atoms with Crippen molar-refractivity contribution in [1.82, 2.24) is 25.1 Å². The van der Waals surface area contributed by atoms with Crippen LogP contribution in [0.3, 0.4) is 0 Å². The molecule has 0 radical (unpaired) electrons. The molecule has 0 bridgehead atoms. The van der Waals surface area contributed by atoms with Gasteiger partial charge in [0.05, 0.1) is 5.69 Å². The highest BCUT2D eigenvalue weighted by Gasteiger charge is 2.22. The van der Waals surface area contributed by atoms with E-state index in [0.29, 0.717) is 5.92 Å². The van der Waals surface area contributed by atoms with E-state index in [9.17, 15) is 0 Å². The molecular weight excluding hydrogens is 202 g/mol. The molecule has 3 heterocycles. The summed E-state index contributed by atoms with van der Waals surface area (Å²) in [5.74, 6) is 1.44. The average Bonchev–Trinajstić information content (AvgIpc) is 2.87. The molecule has 5 nitrogen and oxygen atoms in total. The largest absolute Gasteiger partial charge is 0.316 e. The molecule has 0 aromatic carbocycles. The summed E-state index contributed by atoms with van der Waals surface area (Å²) in [4.78, 5) is 0. The Morgan fingerprint density at radius 1 is 1.38 bits per heavy atom. The van der Waals surface area contributed by atoms with Gasteiger partial charge in [0.1, 0.15) is 0 Å². The van der Waals surface area contributed by atoms with Gasteiger partial charge in [-0.15, -0.1) is 10.2 Å². The molecule has 84 valence electrons. The minimum Gasteiger partial charge on any atom is -0.316 e. The maximum absolute atomic E-state index is 4.54. The molecule has 3 rings (SSSR count). The first-order valence-electron chi connectivity index (χ1n) is 5.66. The molecule has 1 aliphatic rings. The molecule has 16 heavy (non-hydrogen) atoms. The van der Waals surface area contributed by atoms with Crippen molar-refractivity contribution in [2.24, 2.45) is 0 Å². The second kappa shape index (κ2) is 3.52. The number of hydrogen-bond donors (Lipinski definition) is 1. The lowest BCUT2D eigenvalue weighted by Gasteiger charge is -2.06. The van der Waals surface area contributed by atoms with Crippen LogP contribution in [0.15, 0.2) is 6.07 Å². The maximum atomic E-state index is 4.54. The summed E-state index contributed by atoms with van der Waals surface area (Å²) in [6, 6.07) is 2.04. The topological polar surface area (TPSA) is 55.1 Å². The molecule has 0 spiro atoms. The van der Waals surface area contributed by atoms with E-state index in [2.05, 4.69) is 20.6 Å². The van der Waals surface area contributed by atoms with Gasteiger partial charge in [-0.3, -0.25) is 0 Å². The van der Waals surface area contributed by atoms with Crippen molar-refractivity contribution < 1.29 is 0 Å². The summed E-state index contributed by atoms with van der Waals surface area (Å²) < 4.78 is 1.89. The molecule has 0 saturated carbocycles. The first kappa shape index (κ1) is 9.72. The van der Waals surface area contributed by atoms with Crippen molar-refractivity contribution in [2.75, 3.05) is 13.1 Å². The van der Waals surface area contributed by atoms with Crippen LogP contribution in [0.4, 0.5) is 0 Å². The van der Waals surface area contributed by atoms with Gasteiger partial charge in [-0.25, -0.2) is 0 Å². The van der Waals surface area contributed by atoms with Crippen molar-refractivity contribution in [3.8, 4) is 0 Å². The first-order valence-corrected chi connectivity index (χ1v) is 5.66. The summed E-state index contributed by atoms with van der Waals surface area (Å²) in [6.07, 6.45) is 1.12. The van der Waals surface area contributed by atoms with E-state index in [1.165, 1.54) is 0 Å². The van der Waals surface area contributed by atoms with Gasteiger partial charge in [-0.05, 0) is 38.4 Å². The molecule has 1 unspecified atom stereocenters. The van der Waals surface area contributed by atoms with Crippen molar-refractivity contribution in [1.29, 1.82) is 0 Å². The molecule has 5 heteroatoms. The highest BCUT2D eigenvalue weighted by atomic mass is 15.4. The summed E-state index contributed by atoms with van der Waals surface area (Å²) in [6.45, 7) is 6.11. The van der Waals surface area contributed by atoms with E-state index >= 15 is 0 Å². The van der Waals surface area contributed by atoms with Gasteiger partial charge in [0, 0.05) is 12.5 Å². The molecule has 0 amide bonds. The molecule has 1 atom stereocenters. The predicted molar refractivity (Wildman–Crippen MR) is 60.5 cm³/mol. The second-order valence-electron chi connectivity index (χ2n) is 4.43. The van der Waals surface area contributed by atoms with Gasteiger partial charge in [0.2, 0.25) is 0 Å². The third kappa shape index (κ3) is 1.39. The lowest BCUT2D eigenvalue weighted by atomic mass is 10.1. The van der Waals surface area contributed by atoms with E-state index in [1.807, 2.05) is 24.4 Å². The zero-order valence-electron chi connectivity index (χ0n) is 9.56. The lowest BCUT2D eigenvalue weighted by Crippen LogP contribution is -2.11. The number of nitrogens with one attached hydrogen (secondary N) is 1. The second-order valence-corrected chi connectivity index (χ2v) is 4.43. The molecule has 1 aliphatic heterocycles. The predicted octanol–water partition coefficient (Wildman–Crippen LogP) is 0.818. The van der Waals surface area contributed by atoms with Crippen molar-refractivity contribution in [3.63, 3.8) is 0 Å². The van der Waals surface area contributed by atoms with E-state index < -0.39 is 0 Å². The Balaban J connectivity index is 2.15. The lowest BCUT2D eigenvalue weighted by molar-refractivity contribution is 0.663. The minimum absolute atomic E-state index is 0.449. The molecule has 2 aromatic rings. The Labute approximate surface area is 93.9 Å². The molecule has 0 aliphatic carbocycles. The smallest absolute Gasteiger partial charge is 0.178 e. The van der Waals surface area contributed by atoms with E-state index in [-0.39, 0.29) is 0 Å². The third-order valence-corrected chi connectivity index (χ3v) is 3.28. The third-order valence-electron chi connectivity index (χ3n) is 3.28. The van der Waals surface area contributed by atoms with Crippen LogP contribution in [0.1, 0.15) is 29.4 Å². The molecule has 1 N–H and O–H groups in total. The average molecular weight is 217 g/mol. The maximum Gasteiger partial charge on any atom is 0.178 e. The summed E-state index contributed by atoms with van der Waals surface area (Å²) in [7, 11) is 0. The first-order chi connectivity index (χ1) is 7.75. The normalized spacial score (nSPS) is 20.8.